The number of thioether (sulfide) groups is 1. The summed E-state index contributed by atoms with van der Waals surface area (Å²) in [6.07, 6.45) is 2.37. The van der Waals surface area contributed by atoms with Crippen molar-refractivity contribution in [2.24, 2.45) is 0 Å². The average Bonchev–Trinajstić information content (AvgIpc) is 2.84. The van der Waals surface area contributed by atoms with Gasteiger partial charge in [0.2, 0.25) is 0 Å². The number of nitrogens with zero attached hydrogens (tertiary/aromatic N) is 3. The summed E-state index contributed by atoms with van der Waals surface area (Å²) in [4.78, 5) is 21.5. The van der Waals surface area contributed by atoms with E-state index < -0.39 is 5.97 Å². The number of carbonyl (C=O) groups excluding carboxylic acids is 1. The number of carbonyl (C=O) groups is 1. The summed E-state index contributed by atoms with van der Waals surface area (Å²) in [7, 11) is 0. The van der Waals surface area contributed by atoms with Crippen LogP contribution in [-0.4, -0.2) is 34.8 Å². The number of aromatic nitrogens is 2. The van der Waals surface area contributed by atoms with Crippen molar-refractivity contribution in [1.82, 2.24) is 9.97 Å². The lowest BCUT2D eigenvalue weighted by atomic mass is 10.2. The van der Waals surface area contributed by atoms with E-state index in [9.17, 15) is 9.90 Å². The van der Waals surface area contributed by atoms with Gasteiger partial charge in [0, 0.05) is 30.1 Å². The van der Waals surface area contributed by atoms with Crippen molar-refractivity contribution in [2.75, 3.05) is 23.7 Å². The fourth-order valence-corrected chi connectivity index (χ4v) is 2.61. The normalized spacial score (nSPS) is 15.1. The number of carboxylic acids is 1. The first kappa shape index (κ1) is 13.1. The van der Waals surface area contributed by atoms with Crippen molar-refractivity contribution < 1.29 is 9.90 Å². The minimum Gasteiger partial charge on any atom is -0.549 e. The Hall–Kier alpha value is -1.30. The highest BCUT2D eigenvalue weighted by atomic mass is 32.2. The number of aliphatic carboxylic acids is 1. The van der Waals surface area contributed by atoms with E-state index in [0.717, 1.165) is 41.9 Å². The van der Waals surface area contributed by atoms with Crippen LogP contribution < -0.4 is 10.0 Å². The van der Waals surface area contributed by atoms with E-state index in [-0.39, 0.29) is 5.75 Å². The lowest BCUT2D eigenvalue weighted by molar-refractivity contribution is -0.301. The summed E-state index contributed by atoms with van der Waals surface area (Å²) in [5, 5.41) is 11.0. The maximum Gasteiger partial charge on any atom is 0.190 e. The Labute approximate surface area is 111 Å². The van der Waals surface area contributed by atoms with E-state index >= 15 is 0 Å². The SMILES string of the molecule is Cc1nc(SCC(=O)[O-])nc(N2CCCC2)c1C. The predicted molar refractivity (Wildman–Crippen MR) is 68.7 cm³/mol. The van der Waals surface area contributed by atoms with Crippen molar-refractivity contribution in [3.05, 3.63) is 11.3 Å². The van der Waals surface area contributed by atoms with E-state index in [1.165, 1.54) is 12.8 Å². The number of rotatable bonds is 4. The molecule has 0 aromatic carbocycles. The molecular formula is C12H16N3O2S-. The number of hydrogen-bond donors (Lipinski definition) is 0. The number of hydrogen-bond acceptors (Lipinski definition) is 6. The lowest BCUT2D eigenvalue weighted by Crippen LogP contribution is -2.25. The van der Waals surface area contributed by atoms with Crippen LogP contribution in [0.2, 0.25) is 0 Å². The van der Waals surface area contributed by atoms with Gasteiger partial charge in [-0.25, -0.2) is 9.97 Å². The molecule has 2 rings (SSSR count). The monoisotopic (exact) mass is 266 g/mol. The summed E-state index contributed by atoms with van der Waals surface area (Å²) >= 11 is 1.11. The van der Waals surface area contributed by atoms with Crippen LogP contribution in [0, 0.1) is 13.8 Å². The highest BCUT2D eigenvalue weighted by Gasteiger charge is 2.18. The van der Waals surface area contributed by atoms with Gasteiger partial charge in [-0.15, -0.1) is 0 Å². The third kappa shape index (κ3) is 2.93. The number of aryl methyl sites for hydroxylation is 1. The van der Waals surface area contributed by atoms with Gasteiger partial charge < -0.3 is 14.8 Å². The molecule has 0 atom stereocenters. The summed E-state index contributed by atoms with van der Waals surface area (Å²) < 4.78 is 0. The van der Waals surface area contributed by atoms with Gasteiger partial charge in [0.15, 0.2) is 5.16 Å². The number of carboxylic acid groups (broad SMARTS) is 1. The van der Waals surface area contributed by atoms with E-state index in [1.807, 2.05) is 13.8 Å². The zero-order valence-electron chi connectivity index (χ0n) is 10.6. The molecule has 0 aliphatic carbocycles. The van der Waals surface area contributed by atoms with Crippen molar-refractivity contribution in [1.29, 1.82) is 0 Å². The zero-order valence-corrected chi connectivity index (χ0v) is 11.4. The topological polar surface area (TPSA) is 69.1 Å². The molecule has 0 unspecified atom stereocenters. The van der Waals surface area contributed by atoms with Crippen LogP contribution in [0.1, 0.15) is 24.1 Å². The van der Waals surface area contributed by atoms with Crippen molar-refractivity contribution in [3.63, 3.8) is 0 Å². The highest BCUT2D eigenvalue weighted by Crippen LogP contribution is 2.26. The van der Waals surface area contributed by atoms with Gasteiger partial charge in [0.1, 0.15) is 5.82 Å². The van der Waals surface area contributed by atoms with Crippen LogP contribution in [0.3, 0.4) is 0 Å². The molecule has 5 nitrogen and oxygen atoms in total. The summed E-state index contributed by atoms with van der Waals surface area (Å²) in [6.45, 7) is 5.97. The molecule has 1 aromatic rings. The van der Waals surface area contributed by atoms with Gasteiger partial charge in [-0.3, -0.25) is 0 Å². The van der Waals surface area contributed by atoms with Gasteiger partial charge >= 0.3 is 0 Å². The highest BCUT2D eigenvalue weighted by molar-refractivity contribution is 7.99. The maximum atomic E-state index is 10.5. The summed E-state index contributed by atoms with van der Waals surface area (Å²) in [6, 6.07) is 0. The van der Waals surface area contributed by atoms with Crippen molar-refractivity contribution in [3.8, 4) is 0 Å². The Balaban J connectivity index is 2.24. The second-order valence-electron chi connectivity index (χ2n) is 4.40. The van der Waals surface area contributed by atoms with E-state index in [4.69, 9.17) is 0 Å². The van der Waals surface area contributed by atoms with E-state index in [2.05, 4.69) is 14.9 Å². The average molecular weight is 266 g/mol. The molecule has 1 aliphatic heterocycles. The minimum atomic E-state index is -1.09. The van der Waals surface area contributed by atoms with Crippen LogP contribution in [0.4, 0.5) is 5.82 Å². The molecule has 0 spiro atoms. The largest absolute Gasteiger partial charge is 0.549 e. The molecule has 6 heteroatoms. The molecule has 0 radical (unpaired) electrons. The first-order valence-corrected chi connectivity index (χ1v) is 6.99. The number of anilines is 1. The summed E-state index contributed by atoms with van der Waals surface area (Å²) in [5.41, 5.74) is 1.99. The van der Waals surface area contributed by atoms with Crippen LogP contribution in [0.5, 0.6) is 0 Å². The first-order valence-electron chi connectivity index (χ1n) is 6.01. The molecule has 98 valence electrons. The Bertz CT molecular complexity index is 459. The van der Waals surface area contributed by atoms with Crippen molar-refractivity contribution >= 4 is 23.5 Å². The van der Waals surface area contributed by atoms with E-state index in [0.29, 0.717) is 5.16 Å². The fourth-order valence-electron chi connectivity index (χ4n) is 2.01. The molecule has 1 aromatic heterocycles. The molecule has 0 amide bonds. The molecule has 1 fully saturated rings. The lowest BCUT2D eigenvalue weighted by Gasteiger charge is -2.20. The third-order valence-corrected chi connectivity index (χ3v) is 3.89. The third-order valence-electron chi connectivity index (χ3n) is 3.07. The Morgan fingerprint density at radius 1 is 1.33 bits per heavy atom. The standard InChI is InChI=1S/C12H17N3O2S/c1-8-9(2)13-12(18-7-10(16)17)14-11(8)15-5-3-4-6-15/h3-7H2,1-2H3,(H,16,17)/p-1. The van der Waals surface area contributed by atoms with Crippen LogP contribution in [0.25, 0.3) is 0 Å². The molecule has 0 N–H and O–H groups in total. The fraction of sp³-hybridized carbons (Fsp3) is 0.583. The molecule has 1 aliphatic rings. The van der Waals surface area contributed by atoms with Crippen LogP contribution >= 0.6 is 11.8 Å². The predicted octanol–water partition coefficient (Wildman–Crippen LogP) is 0.536. The van der Waals surface area contributed by atoms with E-state index in [1.54, 1.807) is 0 Å². The second-order valence-corrected chi connectivity index (χ2v) is 5.34. The van der Waals surface area contributed by atoms with Gasteiger partial charge in [-0.1, -0.05) is 11.8 Å². The first-order chi connectivity index (χ1) is 8.58. The summed E-state index contributed by atoms with van der Waals surface area (Å²) in [5.74, 6) is -0.257. The molecule has 1 saturated heterocycles. The zero-order chi connectivity index (χ0) is 13.1. The molecule has 18 heavy (non-hydrogen) atoms. The Morgan fingerprint density at radius 3 is 2.61 bits per heavy atom. The van der Waals surface area contributed by atoms with Gasteiger partial charge in [0.05, 0.1) is 5.97 Å². The maximum absolute atomic E-state index is 10.5. The van der Waals surface area contributed by atoms with Crippen LogP contribution in [0.15, 0.2) is 5.16 Å². The van der Waals surface area contributed by atoms with Gasteiger partial charge in [0.25, 0.3) is 0 Å². The van der Waals surface area contributed by atoms with Crippen LogP contribution in [-0.2, 0) is 4.79 Å². The quantitative estimate of drug-likeness (QED) is 0.585. The Morgan fingerprint density at radius 2 is 2.00 bits per heavy atom. The second kappa shape index (κ2) is 5.56. The minimum absolute atomic E-state index is 0.109. The van der Waals surface area contributed by atoms with Crippen molar-refractivity contribution in [2.45, 2.75) is 31.8 Å². The molecular weight excluding hydrogens is 250 g/mol. The van der Waals surface area contributed by atoms with Gasteiger partial charge in [-0.05, 0) is 26.7 Å². The Kier molecular flexibility index (Phi) is 4.06. The smallest absolute Gasteiger partial charge is 0.190 e. The molecule has 0 saturated carbocycles. The molecule has 0 bridgehead atoms. The molecule has 2 heterocycles. The van der Waals surface area contributed by atoms with Gasteiger partial charge in [-0.2, -0.15) is 0 Å².